The van der Waals surface area contributed by atoms with Crippen molar-refractivity contribution in [3.05, 3.63) is 29.8 Å². The third kappa shape index (κ3) is 6.17. The van der Waals surface area contributed by atoms with Gasteiger partial charge < -0.3 is 25.0 Å². The minimum absolute atomic E-state index is 0.149. The number of hydrogen-bond acceptors (Lipinski definition) is 4. The van der Waals surface area contributed by atoms with Gasteiger partial charge in [0.2, 0.25) is 0 Å². The summed E-state index contributed by atoms with van der Waals surface area (Å²) in [5.41, 5.74) is 1.15. The number of ether oxygens (including phenoxy) is 2. The van der Waals surface area contributed by atoms with E-state index in [1.54, 1.807) is 12.0 Å². The van der Waals surface area contributed by atoms with Crippen LogP contribution in [0.3, 0.4) is 0 Å². The molecule has 0 bridgehead atoms. The van der Waals surface area contributed by atoms with E-state index >= 15 is 0 Å². The number of nitrogens with zero attached hydrogens (tertiary/aromatic N) is 1. The van der Waals surface area contributed by atoms with Crippen molar-refractivity contribution in [2.24, 2.45) is 5.92 Å². The van der Waals surface area contributed by atoms with E-state index in [1.165, 1.54) is 7.11 Å². The second-order valence-electron chi connectivity index (χ2n) is 6.14. The third-order valence-electron chi connectivity index (χ3n) is 4.46. The number of carbonyl (C=O) groups is 2. The molecular weight excluding hydrogens is 322 g/mol. The van der Waals surface area contributed by atoms with Gasteiger partial charge in [-0.1, -0.05) is 12.1 Å². The Kier molecular flexibility index (Phi) is 7.37. The molecule has 138 valence electrons. The predicted molar refractivity (Wildman–Crippen MR) is 94.8 cm³/mol. The van der Waals surface area contributed by atoms with Gasteiger partial charge in [0.05, 0.1) is 14.2 Å². The Balaban J connectivity index is 1.59. The maximum absolute atomic E-state index is 11.9. The lowest BCUT2D eigenvalue weighted by Crippen LogP contribution is -2.43. The van der Waals surface area contributed by atoms with Crippen molar-refractivity contribution in [2.75, 3.05) is 40.4 Å². The van der Waals surface area contributed by atoms with Crippen LogP contribution in [-0.4, -0.2) is 57.4 Å². The molecule has 0 unspecified atom stereocenters. The summed E-state index contributed by atoms with van der Waals surface area (Å²) in [5, 5.41) is 5.78. The molecule has 0 radical (unpaired) electrons. The molecule has 0 saturated carbocycles. The van der Waals surface area contributed by atoms with Crippen LogP contribution in [0.5, 0.6) is 5.75 Å². The van der Waals surface area contributed by atoms with Crippen LogP contribution in [0.25, 0.3) is 0 Å². The molecule has 1 aliphatic heterocycles. The Morgan fingerprint density at radius 3 is 2.40 bits per heavy atom. The fourth-order valence-corrected chi connectivity index (χ4v) is 2.86. The molecule has 1 heterocycles. The van der Waals surface area contributed by atoms with E-state index in [1.807, 2.05) is 24.3 Å². The molecule has 1 aromatic carbocycles. The molecule has 0 aromatic heterocycles. The largest absolute Gasteiger partial charge is 0.497 e. The highest BCUT2D eigenvalue weighted by Gasteiger charge is 2.23. The normalized spacial score (nSPS) is 14.7. The van der Waals surface area contributed by atoms with Gasteiger partial charge in [-0.3, -0.25) is 0 Å². The van der Waals surface area contributed by atoms with Gasteiger partial charge in [0.1, 0.15) is 5.75 Å². The summed E-state index contributed by atoms with van der Waals surface area (Å²) in [7, 11) is 3.03. The monoisotopic (exact) mass is 349 g/mol. The Bertz CT molecular complexity index is 554. The van der Waals surface area contributed by atoms with E-state index in [2.05, 4.69) is 10.6 Å². The van der Waals surface area contributed by atoms with Crippen molar-refractivity contribution in [2.45, 2.75) is 19.3 Å². The van der Waals surface area contributed by atoms with Gasteiger partial charge in [-0.15, -0.1) is 0 Å². The minimum Gasteiger partial charge on any atom is -0.497 e. The summed E-state index contributed by atoms with van der Waals surface area (Å²) in [4.78, 5) is 25.0. The summed E-state index contributed by atoms with van der Waals surface area (Å²) in [6.45, 7) is 2.57. The molecular formula is C18H27N3O4. The first-order valence-corrected chi connectivity index (χ1v) is 8.60. The summed E-state index contributed by atoms with van der Waals surface area (Å²) in [6.07, 6.45) is 2.25. The molecule has 1 aromatic rings. The Hall–Kier alpha value is -2.44. The van der Waals surface area contributed by atoms with Crippen LogP contribution in [0.4, 0.5) is 9.59 Å². The summed E-state index contributed by atoms with van der Waals surface area (Å²) in [6, 6.07) is 7.66. The molecule has 2 rings (SSSR count). The molecule has 7 heteroatoms. The maximum atomic E-state index is 11.9. The van der Waals surface area contributed by atoms with Crippen molar-refractivity contribution < 1.29 is 19.1 Å². The Labute approximate surface area is 148 Å². The zero-order chi connectivity index (χ0) is 18.1. The van der Waals surface area contributed by atoms with Crippen molar-refractivity contribution in [1.82, 2.24) is 15.5 Å². The summed E-state index contributed by atoms with van der Waals surface area (Å²) < 4.78 is 9.84. The molecule has 0 atom stereocenters. The molecule has 0 aliphatic carbocycles. The van der Waals surface area contributed by atoms with Crippen LogP contribution in [0.1, 0.15) is 18.4 Å². The number of urea groups is 1. The first-order valence-electron chi connectivity index (χ1n) is 8.60. The molecule has 7 nitrogen and oxygen atoms in total. The van der Waals surface area contributed by atoms with Crippen molar-refractivity contribution >= 4 is 12.1 Å². The van der Waals surface area contributed by atoms with Crippen LogP contribution in [0.15, 0.2) is 24.3 Å². The van der Waals surface area contributed by atoms with Gasteiger partial charge in [0.15, 0.2) is 0 Å². The molecule has 1 fully saturated rings. The zero-order valence-electron chi connectivity index (χ0n) is 14.9. The quantitative estimate of drug-likeness (QED) is 0.823. The van der Waals surface area contributed by atoms with E-state index in [4.69, 9.17) is 9.47 Å². The SMILES string of the molecule is COC(=O)N1CCC(CNC(=O)NCCc2ccc(OC)cc2)CC1. The fourth-order valence-electron chi connectivity index (χ4n) is 2.86. The van der Waals surface area contributed by atoms with Crippen molar-refractivity contribution in [3.63, 3.8) is 0 Å². The van der Waals surface area contributed by atoms with Crippen LogP contribution in [0.2, 0.25) is 0 Å². The van der Waals surface area contributed by atoms with Crippen LogP contribution in [0, 0.1) is 5.92 Å². The fraction of sp³-hybridized carbons (Fsp3) is 0.556. The number of benzene rings is 1. The molecule has 1 saturated heterocycles. The standard InChI is InChI=1S/C18H27N3O4/c1-24-16-5-3-14(4-6-16)7-10-19-17(22)20-13-15-8-11-21(12-9-15)18(23)25-2/h3-6,15H,7-13H2,1-2H3,(H2,19,20,22). The van der Waals surface area contributed by atoms with Gasteiger partial charge in [-0.25, -0.2) is 9.59 Å². The van der Waals surface area contributed by atoms with E-state index in [0.29, 0.717) is 32.1 Å². The number of likely N-dealkylation sites (tertiary alicyclic amines) is 1. The van der Waals surface area contributed by atoms with Crippen molar-refractivity contribution in [3.8, 4) is 5.75 Å². The lowest BCUT2D eigenvalue weighted by molar-refractivity contribution is 0.106. The molecule has 1 aliphatic rings. The van der Waals surface area contributed by atoms with Gasteiger partial charge in [-0.2, -0.15) is 0 Å². The second kappa shape index (κ2) is 9.76. The number of piperidine rings is 1. The molecule has 25 heavy (non-hydrogen) atoms. The first-order chi connectivity index (χ1) is 12.1. The highest BCUT2D eigenvalue weighted by molar-refractivity contribution is 5.73. The van der Waals surface area contributed by atoms with Crippen LogP contribution >= 0.6 is 0 Å². The molecule has 3 amide bonds. The number of nitrogens with one attached hydrogen (secondary N) is 2. The topological polar surface area (TPSA) is 79.9 Å². The summed E-state index contributed by atoms with van der Waals surface area (Å²) >= 11 is 0. The van der Waals surface area contributed by atoms with Gasteiger partial charge >= 0.3 is 12.1 Å². The van der Waals surface area contributed by atoms with Gasteiger partial charge in [0.25, 0.3) is 0 Å². The zero-order valence-corrected chi connectivity index (χ0v) is 14.9. The molecule has 0 spiro atoms. The molecule has 2 N–H and O–H groups in total. The van der Waals surface area contributed by atoms with Crippen molar-refractivity contribution in [1.29, 1.82) is 0 Å². The number of carbonyl (C=O) groups excluding carboxylic acids is 2. The van der Waals surface area contributed by atoms with Gasteiger partial charge in [0, 0.05) is 26.2 Å². The number of hydrogen-bond donors (Lipinski definition) is 2. The maximum Gasteiger partial charge on any atom is 0.409 e. The minimum atomic E-state index is -0.275. The average Bonchev–Trinajstić information content (AvgIpc) is 2.66. The Morgan fingerprint density at radius 2 is 1.80 bits per heavy atom. The average molecular weight is 349 g/mol. The number of amides is 3. The van der Waals surface area contributed by atoms with E-state index in [9.17, 15) is 9.59 Å². The second-order valence-corrected chi connectivity index (χ2v) is 6.14. The predicted octanol–water partition coefficient (Wildman–Crippen LogP) is 2.02. The first kappa shape index (κ1) is 18.9. The van der Waals surface area contributed by atoms with E-state index in [-0.39, 0.29) is 12.1 Å². The van der Waals surface area contributed by atoms with Crippen LogP contribution in [-0.2, 0) is 11.2 Å². The highest BCUT2D eigenvalue weighted by atomic mass is 16.5. The smallest absolute Gasteiger partial charge is 0.409 e. The third-order valence-corrected chi connectivity index (χ3v) is 4.46. The van der Waals surface area contributed by atoms with E-state index < -0.39 is 0 Å². The van der Waals surface area contributed by atoms with Crippen LogP contribution < -0.4 is 15.4 Å². The Morgan fingerprint density at radius 1 is 1.12 bits per heavy atom. The number of methoxy groups -OCH3 is 2. The lowest BCUT2D eigenvalue weighted by atomic mass is 9.97. The highest BCUT2D eigenvalue weighted by Crippen LogP contribution is 2.16. The number of rotatable bonds is 6. The summed E-state index contributed by atoms with van der Waals surface area (Å²) in [5.74, 6) is 1.22. The lowest BCUT2D eigenvalue weighted by Gasteiger charge is -2.30. The van der Waals surface area contributed by atoms with E-state index in [0.717, 1.165) is 30.6 Å². The van der Waals surface area contributed by atoms with Gasteiger partial charge in [-0.05, 0) is 42.9 Å².